The average Bonchev–Trinajstić information content (AvgIpc) is 3.37. The second-order valence-corrected chi connectivity index (χ2v) is 7.43. The quantitative estimate of drug-likeness (QED) is 0.732. The highest BCUT2D eigenvalue weighted by atomic mass is 19.1. The molecule has 3 N–H and O–H groups in total. The predicted octanol–water partition coefficient (Wildman–Crippen LogP) is 2.23. The van der Waals surface area contributed by atoms with Crippen molar-refractivity contribution in [1.82, 2.24) is 10.6 Å². The second-order valence-electron chi connectivity index (χ2n) is 7.43. The van der Waals surface area contributed by atoms with E-state index in [0.717, 1.165) is 12.8 Å². The van der Waals surface area contributed by atoms with Crippen molar-refractivity contribution in [3.63, 3.8) is 0 Å². The van der Waals surface area contributed by atoms with Crippen LogP contribution in [0.3, 0.4) is 0 Å². The van der Waals surface area contributed by atoms with Gasteiger partial charge in [-0.2, -0.15) is 0 Å². The van der Waals surface area contributed by atoms with Crippen molar-refractivity contribution in [2.45, 2.75) is 57.9 Å². The molecule has 3 rings (SSSR count). The van der Waals surface area contributed by atoms with Gasteiger partial charge in [0.2, 0.25) is 5.91 Å². The van der Waals surface area contributed by atoms with Crippen LogP contribution in [0.1, 0.15) is 33.6 Å². The van der Waals surface area contributed by atoms with Crippen molar-refractivity contribution in [2.75, 3.05) is 23.3 Å². The van der Waals surface area contributed by atoms with Gasteiger partial charge in [0.1, 0.15) is 11.9 Å². The number of morpholine rings is 1. The molecule has 1 aromatic rings. The monoisotopic (exact) mass is 378 g/mol. The fourth-order valence-electron chi connectivity index (χ4n) is 3.21. The van der Waals surface area contributed by atoms with Gasteiger partial charge in [-0.15, -0.1) is 0 Å². The summed E-state index contributed by atoms with van der Waals surface area (Å²) in [5.41, 5.74) is 0.999. The second kappa shape index (κ2) is 8.12. The van der Waals surface area contributed by atoms with E-state index in [4.69, 9.17) is 4.74 Å². The van der Waals surface area contributed by atoms with E-state index in [1.807, 2.05) is 18.7 Å². The lowest BCUT2D eigenvalue weighted by molar-refractivity contribution is -0.120. The van der Waals surface area contributed by atoms with Crippen LogP contribution in [0.15, 0.2) is 18.2 Å². The molecule has 3 atom stereocenters. The molecule has 1 aliphatic carbocycles. The Bertz CT molecular complexity index is 700. The van der Waals surface area contributed by atoms with E-state index in [9.17, 15) is 14.0 Å². The van der Waals surface area contributed by atoms with Crippen LogP contribution >= 0.6 is 0 Å². The maximum Gasteiger partial charge on any atom is 0.321 e. The van der Waals surface area contributed by atoms with Gasteiger partial charge in [0.15, 0.2) is 0 Å². The van der Waals surface area contributed by atoms with E-state index in [2.05, 4.69) is 16.0 Å². The summed E-state index contributed by atoms with van der Waals surface area (Å²) in [5.74, 6) is -0.825. The van der Waals surface area contributed by atoms with E-state index in [-0.39, 0.29) is 24.1 Å². The summed E-state index contributed by atoms with van der Waals surface area (Å²) in [5, 5.41) is 7.91. The number of nitrogens with zero attached hydrogens (tertiary/aromatic N) is 1. The standard InChI is InChI=1S/C19H27FN4O3/c1-11-9-24(10-12(2)27-11)17-7-6-15(8-16(17)20)21-13(3)18(25)23-19(26)22-14-4-5-14/h6-8,11-14,21H,4-5,9-10H2,1-3H3,(H2,22,23,25,26)/t11-,12+,13-/m0/s1. The highest BCUT2D eigenvalue weighted by Gasteiger charge is 2.26. The van der Waals surface area contributed by atoms with Crippen molar-refractivity contribution in [2.24, 2.45) is 0 Å². The number of benzene rings is 1. The number of hydrogen-bond acceptors (Lipinski definition) is 5. The Kier molecular flexibility index (Phi) is 5.84. The van der Waals surface area contributed by atoms with Gasteiger partial charge in [0.25, 0.3) is 0 Å². The Morgan fingerprint density at radius 2 is 1.89 bits per heavy atom. The number of imide groups is 1. The number of halogens is 1. The first-order chi connectivity index (χ1) is 12.8. The molecule has 0 bridgehead atoms. The third-order valence-corrected chi connectivity index (χ3v) is 4.63. The largest absolute Gasteiger partial charge is 0.374 e. The number of ether oxygens (including phenoxy) is 1. The number of nitrogens with one attached hydrogen (secondary N) is 3. The highest BCUT2D eigenvalue weighted by Crippen LogP contribution is 2.26. The molecular weight excluding hydrogens is 351 g/mol. The molecule has 2 fully saturated rings. The Morgan fingerprint density at radius 1 is 1.22 bits per heavy atom. The SMILES string of the molecule is C[C@@H]1CN(c2ccc(N[C@@H](C)C(=O)NC(=O)NC3CC3)cc2F)C[C@H](C)O1. The maximum absolute atomic E-state index is 14.6. The number of anilines is 2. The molecule has 27 heavy (non-hydrogen) atoms. The number of hydrogen-bond donors (Lipinski definition) is 3. The fourth-order valence-corrected chi connectivity index (χ4v) is 3.21. The zero-order chi connectivity index (χ0) is 19.6. The third-order valence-electron chi connectivity index (χ3n) is 4.63. The smallest absolute Gasteiger partial charge is 0.321 e. The molecule has 3 amide bonds. The zero-order valence-electron chi connectivity index (χ0n) is 15.9. The lowest BCUT2D eigenvalue weighted by Crippen LogP contribution is -2.46. The van der Waals surface area contributed by atoms with Gasteiger partial charge in [0, 0.05) is 24.8 Å². The molecule has 0 unspecified atom stereocenters. The van der Waals surface area contributed by atoms with Gasteiger partial charge in [0.05, 0.1) is 17.9 Å². The predicted molar refractivity (Wildman–Crippen MR) is 101 cm³/mol. The van der Waals surface area contributed by atoms with Gasteiger partial charge in [-0.3, -0.25) is 10.1 Å². The van der Waals surface area contributed by atoms with Crippen LogP contribution in [-0.2, 0) is 9.53 Å². The molecule has 0 spiro atoms. The van der Waals surface area contributed by atoms with Crippen molar-refractivity contribution in [3.8, 4) is 0 Å². The Hall–Kier alpha value is -2.35. The molecule has 1 saturated carbocycles. The molecular formula is C19H27FN4O3. The van der Waals surface area contributed by atoms with Gasteiger partial charge in [-0.1, -0.05) is 0 Å². The van der Waals surface area contributed by atoms with Crippen molar-refractivity contribution in [1.29, 1.82) is 0 Å². The number of carbonyl (C=O) groups excluding carboxylic acids is 2. The lowest BCUT2D eigenvalue weighted by atomic mass is 10.1. The van der Waals surface area contributed by atoms with Crippen molar-refractivity contribution >= 4 is 23.3 Å². The summed E-state index contributed by atoms with van der Waals surface area (Å²) in [4.78, 5) is 25.7. The summed E-state index contributed by atoms with van der Waals surface area (Å²) in [6.45, 7) is 6.81. The first-order valence-electron chi connectivity index (χ1n) is 9.39. The Balaban J connectivity index is 1.57. The molecule has 1 aliphatic heterocycles. The van der Waals surface area contributed by atoms with E-state index in [1.165, 1.54) is 6.07 Å². The van der Waals surface area contributed by atoms with Crippen molar-refractivity contribution < 1.29 is 18.7 Å². The molecule has 0 radical (unpaired) electrons. The number of carbonyl (C=O) groups is 2. The fraction of sp³-hybridized carbons (Fsp3) is 0.579. The first-order valence-corrected chi connectivity index (χ1v) is 9.39. The third kappa shape index (κ3) is 5.32. The first kappa shape index (κ1) is 19.4. The normalized spacial score (nSPS) is 23.5. The minimum atomic E-state index is -0.677. The molecule has 2 aliphatic rings. The van der Waals surface area contributed by atoms with E-state index in [0.29, 0.717) is 24.5 Å². The van der Waals surface area contributed by atoms with E-state index >= 15 is 0 Å². The highest BCUT2D eigenvalue weighted by molar-refractivity contribution is 5.98. The maximum atomic E-state index is 14.6. The van der Waals surface area contributed by atoms with Gasteiger partial charge < -0.3 is 20.3 Å². The van der Waals surface area contributed by atoms with Crippen LogP contribution in [0.4, 0.5) is 20.6 Å². The minimum Gasteiger partial charge on any atom is -0.374 e. The van der Waals surface area contributed by atoms with Gasteiger partial charge in [-0.25, -0.2) is 9.18 Å². The molecule has 1 heterocycles. The summed E-state index contributed by atoms with van der Waals surface area (Å²) < 4.78 is 20.3. The van der Waals surface area contributed by atoms with Crippen LogP contribution in [0, 0.1) is 5.82 Å². The van der Waals surface area contributed by atoms with E-state index < -0.39 is 18.0 Å². The van der Waals surface area contributed by atoms with Crippen LogP contribution in [0.5, 0.6) is 0 Å². The number of rotatable bonds is 5. The van der Waals surface area contributed by atoms with Gasteiger partial charge >= 0.3 is 6.03 Å². The summed E-state index contributed by atoms with van der Waals surface area (Å²) in [6.07, 6.45) is 1.97. The van der Waals surface area contributed by atoms with Crippen LogP contribution in [-0.4, -0.2) is 49.3 Å². The van der Waals surface area contributed by atoms with Crippen LogP contribution in [0.25, 0.3) is 0 Å². The van der Waals surface area contributed by atoms with E-state index in [1.54, 1.807) is 19.1 Å². The average molecular weight is 378 g/mol. The Morgan fingerprint density at radius 3 is 2.48 bits per heavy atom. The Labute approximate surface area is 158 Å². The number of amides is 3. The van der Waals surface area contributed by atoms with Crippen molar-refractivity contribution in [3.05, 3.63) is 24.0 Å². The molecule has 1 aromatic carbocycles. The molecule has 7 nitrogen and oxygen atoms in total. The molecule has 1 saturated heterocycles. The zero-order valence-corrected chi connectivity index (χ0v) is 15.9. The van der Waals surface area contributed by atoms with Gasteiger partial charge in [-0.05, 0) is 51.8 Å². The van der Waals surface area contributed by atoms with Crippen LogP contribution in [0.2, 0.25) is 0 Å². The molecule has 8 heteroatoms. The lowest BCUT2D eigenvalue weighted by Gasteiger charge is -2.37. The summed E-state index contributed by atoms with van der Waals surface area (Å²) in [6, 6.07) is 3.81. The minimum absolute atomic E-state index is 0.0384. The molecule has 148 valence electrons. The van der Waals surface area contributed by atoms with Crippen LogP contribution < -0.4 is 20.9 Å². The molecule has 0 aromatic heterocycles. The number of urea groups is 1. The topological polar surface area (TPSA) is 82.7 Å². The summed E-state index contributed by atoms with van der Waals surface area (Å²) in [7, 11) is 0. The summed E-state index contributed by atoms with van der Waals surface area (Å²) >= 11 is 0.